The molecule has 3 rings (SSSR count). The molecule has 2 heterocycles. The zero-order valence-corrected chi connectivity index (χ0v) is 34.7. The van der Waals surface area contributed by atoms with Crippen LogP contribution in [0.5, 0.6) is 0 Å². The molecule has 0 bridgehead atoms. The normalized spacial score (nSPS) is 39.4. The van der Waals surface area contributed by atoms with Gasteiger partial charge in [-0.1, -0.05) is 58.0 Å². The van der Waals surface area contributed by atoms with Crippen LogP contribution in [0.15, 0.2) is 40.5 Å². The standard InChI is InChI=1S/C41H67N3O10/c1-14-31-41(10,49)36(47)26(6)33(43-42-23(2)3)24(4)22-40(9,50-13)37(54-39-34(46)30(44(11)12)20-25(5)51-39)27(7)35(28(8)38(48)52-31)53-32(45)21-29-18-16-15-17-19-29/h15-19,24-28,30-31,34-37,39,46-47,49H,14,20-22H2,1-13H3/b43-33+/t24-,25?,26+,27+,28-,30?,31-,34?,35+,36-,37-,39?,40-,41-/m1/s1. The molecule has 2 saturated heterocycles. The van der Waals surface area contributed by atoms with Gasteiger partial charge >= 0.3 is 11.9 Å². The highest BCUT2D eigenvalue weighted by atomic mass is 16.7. The molecule has 2 fully saturated rings. The zero-order valence-electron chi connectivity index (χ0n) is 34.7. The highest BCUT2D eigenvalue weighted by Crippen LogP contribution is 2.40. The Labute approximate surface area is 322 Å². The summed E-state index contributed by atoms with van der Waals surface area (Å²) in [5.74, 6) is -4.25. The van der Waals surface area contributed by atoms with Crippen molar-refractivity contribution in [1.29, 1.82) is 0 Å². The van der Waals surface area contributed by atoms with E-state index in [1.807, 2.05) is 90.9 Å². The average Bonchev–Trinajstić information content (AvgIpc) is 3.11. The van der Waals surface area contributed by atoms with E-state index in [1.54, 1.807) is 27.9 Å². The maximum atomic E-state index is 14.2. The average molecular weight is 762 g/mol. The van der Waals surface area contributed by atoms with Crippen molar-refractivity contribution in [3.05, 3.63) is 35.9 Å². The molecule has 13 nitrogen and oxygen atoms in total. The lowest BCUT2D eigenvalue weighted by Gasteiger charge is -2.48. The van der Waals surface area contributed by atoms with Crippen LogP contribution >= 0.6 is 0 Å². The number of rotatable bonds is 9. The fourth-order valence-corrected chi connectivity index (χ4v) is 8.10. The molecule has 0 radical (unpaired) electrons. The number of aliphatic hydroxyl groups excluding tert-OH is 2. The minimum absolute atomic E-state index is 0.0457. The van der Waals surface area contributed by atoms with Gasteiger partial charge in [-0.25, -0.2) is 0 Å². The number of carbonyl (C=O) groups is 2. The number of ether oxygens (including phenoxy) is 5. The SMILES string of the molecule is CC[C@H]1OC(=O)[C@H](C)[C@@H](OC(=O)Cc2ccccc2)[C@H](C)[C@@H](OC2OC(C)CC(N(C)C)C2O)[C@](C)(OC)C[C@@H](C)/C(=N\N=C(C)C)[C@H](C)[C@@H](O)[C@]1(C)O. The molecule has 3 N–H and O–H groups in total. The second-order valence-corrected chi connectivity index (χ2v) is 16.4. The van der Waals surface area contributed by atoms with Gasteiger partial charge in [0, 0.05) is 36.4 Å². The molecule has 13 heteroatoms. The Morgan fingerprint density at radius 2 is 1.67 bits per heavy atom. The minimum atomic E-state index is -1.89. The van der Waals surface area contributed by atoms with E-state index in [2.05, 4.69) is 10.2 Å². The van der Waals surface area contributed by atoms with Crippen molar-refractivity contribution in [2.45, 2.75) is 155 Å². The molecule has 1 aromatic rings. The zero-order chi connectivity index (χ0) is 40.7. The monoisotopic (exact) mass is 761 g/mol. The number of aliphatic hydroxyl groups is 3. The van der Waals surface area contributed by atoms with Crippen molar-refractivity contribution in [3.63, 3.8) is 0 Å². The van der Waals surface area contributed by atoms with Crippen LogP contribution in [0.2, 0.25) is 0 Å². The van der Waals surface area contributed by atoms with E-state index in [0.29, 0.717) is 17.8 Å². The summed E-state index contributed by atoms with van der Waals surface area (Å²) in [6.45, 7) is 17.7. The maximum Gasteiger partial charge on any atom is 0.312 e. The topological polar surface area (TPSA) is 169 Å². The van der Waals surface area contributed by atoms with Crippen molar-refractivity contribution in [1.82, 2.24) is 4.90 Å². The van der Waals surface area contributed by atoms with E-state index >= 15 is 0 Å². The van der Waals surface area contributed by atoms with Crippen molar-refractivity contribution in [3.8, 4) is 0 Å². The van der Waals surface area contributed by atoms with Gasteiger partial charge in [-0.3, -0.25) is 9.59 Å². The molecule has 0 spiro atoms. The second kappa shape index (κ2) is 19.4. The molecule has 54 heavy (non-hydrogen) atoms. The quantitative estimate of drug-likeness (QED) is 0.183. The Bertz CT molecular complexity index is 1430. The lowest BCUT2D eigenvalue weighted by atomic mass is 9.73. The summed E-state index contributed by atoms with van der Waals surface area (Å²) in [6, 6.07) is 8.88. The van der Waals surface area contributed by atoms with Gasteiger partial charge in [0.1, 0.15) is 23.9 Å². The molecule has 14 atom stereocenters. The third-order valence-corrected chi connectivity index (χ3v) is 11.3. The van der Waals surface area contributed by atoms with Crippen molar-refractivity contribution in [2.24, 2.45) is 33.9 Å². The van der Waals surface area contributed by atoms with Gasteiger partial charge < -0.3 is 43.9 Å². The van der Waals surface area contributed by atoms with Crippen LogP contribution in [0.3, 0.4) is 0 Å². The van der Waals surface area contributed by atoms with E-state index in [0.717, 1.165) is 5.56 Å². The second-order valence-electron chi connectivity index (χ2n) is 16.4. The first kappa shape index (κ1) is 45.6. The Morgan fingerprint density at radius 3 is 2.22 bits per heavy atom. The molecule has 2 aliphatic heterocycles. The number of cyclic esters (lactones) is 1. The fraction of sp³-hybridized carbons (Fsp3) is 0.756. The van der Waals surface area contributed by atoms with Crippen LogP contribution in [0.4, 0.5) is 0 Å². The number of carbonyl (C=O) groups excluding carboxylic acids is 2. The van der Waals surface area contributed by atoms with Crippen LogP contribution in [-0.2, 0) is 39.7 Å². The molecule has 0 aliphatic carbocycles. The Balaban J connectivity index is 2.27. The molecule has 0 saturated carbocycles. The van der Waals surface area contributed by atoms with Gasteiger partial charge in [-0.2, -0.15) is 10.2 Å². The number of esters is 2. The smallest absolute Gasteiger partial charge is 0.312 e. The number of nitrogens with zero attached hydrogens (tertiary/aromatic N) is 3. The maximum absolute atomic E-state index is 14.2. The molecule has 0 amide bonds. The number of hydrogen-bond donors (Lipinski definition) is 3. The predicted molar refractivity (Wildman–Crippen MR) is 207 cm³/mol. The summed E-state index contributed by atoms with van der Waals surface area (Å²) in [5, 5.41) is 44.3. The summed E-state index contributed by atoms with van der Waals surface area (Å²) in [7, 11) is 5.33. The van der Waals surface area contributed by atoms with Crippen molar-refractivity contribution < 1.29 is 48.6 Å². The third-order valence-electron chi connectivity index (χ3n) is 11.3. The van der Waals surface area contributed by atoms with E-state index in [4.69, 9.17) is 23.7 Å². The lowest BCUT2D eigenvalue weighted by Crippen LogP contribution is -2.60. The van der Waals surface area contributed by atoms with Crippen LogP contribution in [0.1, 0.15) is 94.1 Å². The predicted octanol–water partition coefficient (Wildman–Crippen LogP) is 4.58. The van der Waals surface area contributed by atoms with Gasteiger partial charge in [-0.05, 0) is 86.4 Å². The number of hydrogen-bond acceptors (Lipinski definition) is 13. The highest BCUT2D eigenvalue weighted by Gasteiger charge is 2.52. The fourth-order valence-electron chi connectivity index (χ4n) is 8.10. The van der Waals surface area contributed by atoms with Crippen LogP contribution in [-0.4, -0.2) is 125 Å². The van der Waals surface area contributed by atoms with E-state index in [9.17, 15) is 24.9 Å². The third kappa shape index (κ3) is 11.0. The summed E-state index contributed by atoms with van der Waals surface area (Å²) in [5.41, 5.74) is -1.17. The first-order chi connectivity index (χ1) is 25.2. The Morgan fingerprint density at radius 1 is 1.04 bits per heavy atom. The van der Waals surface area contributed by atoms with E-state index < -0.39 is 83.6 Å². The van der Waals surface area contributed by atoms with Gasteiger partial charge in [0.2, 0.25) is 0 Å². The van der Waals surface area contributed by atoms with Gasteiger partial charge in [-0.15, -0.1) is 0 Å². The Hall–Kier alpha value is -2.78. The molecule has 2 aliphatic rings. The van der Waals surface area contributed by atoms with Crippen molar-refractivity contribution in [2.75, 3.05) is 21.2 Å². The van der Waals surface area contributed by atoms with E-state index in [1.165, 1.54) is 6.92 Å². The molecule has 306 valence electrons. The largest absolute Gasteiger partial charge is 0.461 e. The summed E-state index contributed by atoms with van der Waals surface area (Å²) < 4.78 is 31.7. The minimum Gasteiger partial charge on any atom is -0.461 e. The molecular weight excluding hydrogens is 694 g/mol. The first-order valence-electron chi connectivity index (χ1n) is 19.3. The van der Waals surface area contributed by atoms with Crippen LogP contribution < -0.4 is 0 Å². The summed E-state index contributed by atoms with van der Waals surface area (Å²) in [4.78, 5) is 29.8. The number of methoxy groups -OCH3 is 1. The summed E-state index contributed by atoms with van der Waals surface area (Å²) in [6.07, 6.45) is -6.03. The van der Waals surface area contributed by atoms with E-state index in [-0.39, 0.29) is 31.4 Å². The highest BCUT2D eigenvalue weighted by molar-refractivity contribution is 5.90. The molecule has 0 aromatic heterocycles. The first-order valence-corrected chi connectivity index (χ1v) is 19.3. The molecular formula is C41H67N3O10. The number of benzene rings is 1. The van der Waals surface area contributed by atoms with Gasteiger partial charge in [0.25, 0.3) is 0 Å². The van der Waals surface area contributed by atoms with Crippen molar-refractivity contribution >= 4 is 23.4 Å². The van der Waals surface area contributed by atoms with Crippen LogP contribution in [0.25, 0.3) is 0 Å². The Kier molecular flexibility index (Phi) is 16.4. The summed E-state index contributed by atoms with van der Waals surface area (Å²) >= 11 is 0. The van der Waals surface area contributed by atoms with Gasteiger partial charge in [0.15, 0.2) is 6.29 Å². The van der Waals surface area contributed by atoms with Gasteiger partial charge in [0.05, 0.1) is 36.3 Å². The lowest BCUT2D eigenvalue weighted by molar-refractivity contribution is -0.301. The molecule has 4 unspecified atom stereocenters. The molecule has 1 aromatic carbocycles. The number of likely N-dealkylation sites (N-methyl/N-ethyl adjacent to an activating group) is 1. The van der Waals surface area contributed by atoms with Crippen LogP contribution in [0, 0.1) is 23.7 Å².